The molecule has 28 heavy (non-hydrogen) atoms. The average molecular weight is 392 g/mol. The molecule has 0 bridgehead atoms. The molecule has 2 aromatic rings. The van der Waals surface area contributed by atoms with E-state index in [0.717, 1.165) is 35.5 Å². The Morgan fingerprint density at radius 1 is 1.11 bits per heavy atom. The van der Waals surface area contributed by atoms with Gasteiger partial charge < -0.3 is 9.64 Å². The summed E-state index contributed by atoms with van der Waals surface area (Å²) in [5.41, 5.74) is 2.54. The Kier molecular flexibility index (Phi) is 6.83. The molecule has 2 aromatic carbocycles. The minimum absolute atomic E-state index is 0.101. The van der Waals surface area contributed by atoms with Crippen molar-refractivity contribution >= 4 is 18.0 Å². The fourth-order valence-corrected chi connectivity index (χ4v) is 2.43. The third-order valence-corrected chi connectivity index (χ3v) is 4.52. The second-order valence-corrected chi connectivity index (χ2v) is 6.47. The number of hydrogen-bond acceptors (Lipinski definition) is 3. The van der Waals surface area contributed by atoms with Gasteiger partial charge in [0.15, 0.2) is 0 Å². The van der Waals surface area contributed by atoms with Crippen LogP contribution in [0.25, 0.3) is 0 Å². The number of halogens is 3. The number of hydrogen-bond donors (Lipinski definition) is 0. The van der Waals surface area contributed by atoms with Gasteiger partial charge in [0.05, 0.1) is 23.2 Å². The van der Waals surface area contributed by atoms with Gasteiger partial charge in [0.1, 0.15) is 6.61 Å². The summed E-state index contributed by atoms with van der Waals surface area (Å²) in [6.07, 6.45) is -2.66. The zero-order valence-corrected chi connectivity index (χ0v) is 16.3. The van der Waals surface area contributed by atoms with E-state index in [1.807, 2.05) is 32.7 Å². The van der Waals surface area contributed by atoms with Crippen LogP contribution in [0.1, 0.15) is 39.5 Å². The first kappa shape index (κ1) is 21.5. The van der Waals surface area contributed by atoms with E-state index in [4.69, 9.17) is 4.74 Å². The lowest BCUT2D eigenvalue weighted by molar-refractivity contribution is -0.137. The van der Waals surface area contributed by atoms with Crippen molar-refractivity contribution in [3.05, 3.63) is 64.2 Å². The van der Waals surface area contributed by atoms with Gasteiger partial charge in [-0.05, 0) is 61.7 Å². The Balaban J connectivity index is 2.08. The number of benzene rings is 2. The Bertz CT molecular complexity index is 859. The molecular formula is C21H23F3N2O2. The summed E-state index contributed by atoms with van der Waals surface area (Å²) >= 11 is 0. The number of alkyl halides is 3. The molecule has 0 N–H and O–H groups in total. The lowest BCUT2D eigenvalue weighted by atomic mass is 10.0. The van der Waals surface area contributed by atoms with Crippen LogP contribution in [0, 0.1) is 13.8 Å². The van der Waals surface area contributed by atoms with Gasteiger partial charge in [-0.25, -0.2) is 9.79 Å². The molecule has 0 aliphatic rings. The van der Waals surface area contributed by atoms with Gasteiger partial charge >= 0.3 is 12.1 Å². The molecule has 4 nitrogen and oxygen atoms in total. The van der Waals surface area contributed by atoms with E-state index in [9.17, 15) is 18.0 Å². The van der Waals surface area contributed by atoms with Crippen molar-refractivity contribution in [1.29, 1.82) is 0 Å². The Hall–Kier alpha value is -2.83. The van der Waals surface area contributed by atoms with Crippen molar-refractivity contribution < 1.29 is 22.7 Å². The van der Waals surface area contributed by atoms with E-state index in [-0.39, 0.29) is 6.61 Å². The number of aliphatic imine (C=N–C) groups is 1. The lowest BCUT2D eigenvalue weighted by Gasteiger charge is -2.13. The minimum Gasteiger partial charge on any atom is -0.457 e. The highest BCUT2D eigenvalue weighted by Crippen LogP contribution is 2.29. The first-order valence-corrected chi connectivity index (χ1v) is 8.81. The summed E-state index contributed by atoms with van der Waals surface area (Å²) < 4.78 is 43.0. The number of esters is 1. The summed E-state index contributed by atoms with van der Waals surface area (Å²) in [5.74, 6) is -0.526. The monoisotopic (exact) mass is 392 g/mol. The molecule has 0 aromatic heterocycles. The maximum atomic E-state index is 12.6. The zero-order valence-electron chi connectivity index (χ0n) is 16.3. The van der Waals surface area contributed by atoms with Crippen molar-refractivity contribution in [2.45, 2.75) is 33.6 Å². The van der Waals surface area contributed by atoms with E-state index in [1.54, 1.807) is 18.5 Å². The smallest absolute Gasteiger partial charge is 0.416 e. The van der Waals surface area contributed by atoms with Crippen LogP contribution in [0.2, 0.25) is 0 Å². The maximum absolute atomic E-state index is 12.6. The molecular weight excluding hydrogens is 369 g/mol. The summed E-state index contributed by atoms with van der Waals surface area (Å²) in [5, 5.41) is 0. The normalized spacial score (nSPS) is 11.7. The van der Waals surface area contributed by atoms with Crippen LogP contribution in [0.3, 0.4) is 0 Å². The minimum atomic E-state index is -4.39. The van der Waals surface area contributed by atoms with Gasteiger partial charge in [-0.1, -0.05) is 12.1 Å². The van der Waals surface area contributed by atoms with Crippen molar-refractivity contribution in [3.63, 3.8) is 0 Å². The van der Waals surface area contributed by atoms with Gasteiger partial charge in [0.2, 0.25) is 0 Å². The van der Waals surface area contributed by atoms with Gasteiger partial charge in [-0.2, -0.15) is 13.2 Å². The quantitative estimate of drug-likeness (QED) is 0.381. The SMILES string of the molecule is CCN(C)/C=N/c1ccc(C(=O)OCc2ccc(C(F)(F)F)cc2)c(C)c1C. The zero-order chi connectivity index (χ0) is 20.9. The lowest BCUT2D eigenvalue weighted by Crippen LogP contribution is -2.14. The van der Waals surface area contributed by atoms with Crippen LogP contribution in [0.5, 0.6) is 0 Å². The van der Waals surface area contributed by atoms with E-state index < -0.39 is 17.7 Å². The maximum Gasteiger partial charge on any atom is 0.416 e. The standard InChI is InChI=1S/C21H23F3N2O2/c1-5-26(4)13-25-19-11-10-18(14(2)15(19)3)20(27)28-12-16-6-8-17(9-7-16)21(22,23)24/h6-11,13H,5,12H2,1-4H3/b25-13+. The van der Waals surface area contributed by atoms with Crippen LogP contribution >= 0.6 is 0 Å². The van der Waals surface area contributed by atoms with Crippen LogP contribution in [0.4, 0.5) is 18.9 Å². The largest absolute Gasteiger partial charge is 0.457 e. The van der Waals surface area contributed by atoms with Crippen molar-refractivity contribution in [2.75, 3.05) is 13.6 Å². The summed E-state index contributed by atoms with van der Waals surface area (Å²) in [7, 11) is 1.92. The van der Waals surface area contributed by atoms with Crippen molar-refractivity contribution in [2.24, 2.45) is 4.99 Å². The first-order chi connectivity index (χ1) is 13.1. The molecule has 0 amide bonds. The van der Waals surface area contributed by atoms with Crippen molar-refractivity contribution in [1.82, 2.24) is 4.90 Å². The number of nitrogens with zero attached hydrogens (tertiary/aromatic N) is 2. The van der Waals surface area contributed by atoms with Gasteiger partial charge in [0, 0.05) is 13.6 Å². The highest BCUT2D eigenvalue weighted by atomic mass is 19.4. The average Bonchev–Trinajstić information content (AvgIpc) is 2.66. The van der Waals surface area contributed by atoms with Crippen LogP contribution in [0.15, 0.2) is 41.4 Å². The topological polar surface area (TPSA) is 41.9 Å². The predicted molar refractivity (Wildman–Crippen MR) is 103 cm³/mol. The molecule has 2 rings (SSSR count). The summed E-state index contributed by atoms with van der Waals surface area (Å²) in [6, 6.07) is 7.94. The second kappa shape index (κ2) is 8.91. The molecule has 0 radical (unpaired) electrons. The van der Waals surface area contributed by atoms with E-state index in [2.05, 4.69) is 4.99 Å². The Labute approximate surface area is 162 Å². The number of carbonyl (C=O) groups excluding carboxylic acids is 1. The number of ether oxygens (including phenoxy) is 1. The van der Waals surface area contributed by atoms with Crippen molar-refractivity contribution in [3.8, 4) is 0 Å². The number of carbonyl (C=O) groups is 1. The predicted octanol–water partition coefficient (Wildman–Crippen LogP) is 5.29. The summed E-state index contributed by atoms with van der Waals surface area (Å²) in [4.78, 5) is 18.7. The van der Waals surface area contributed by atoms with Crippen LogP contribution in [-0.4, -0.2) is 30.8 Å². The molecule has 0 heterocycles. The second-order valence-electron chi connectivity index (χ2n) is 6.47. The fourth-order valence-electron chi connectivity index (χ4n) is 2.43. The van der Waals surface area contributed by atoms with Gasteiger partial charge in [-0.3, -0.25) is 0 Å². The van der Waals surface area contributed by atoms with E-state index >= 15 is 0 Å². The summed E-state index contributed by atoms with van der Waals surface area (Å²) in [6.45, 7) is 6.43. The van der Waals surface area contributed by atoms with E-state index in [0.29, 0.717) is 11.1 Å². The molecule has 0 atom stereocenters. The molecule has 0 spiro atoms. The highest BCUT2D eigenvalue weighted by molar-refractivity contribution is 5.92. The molecule has 0 saturated heterocycles. The number of rotatable bonds is 6. The van der Waals surface area contributed by atoms with Crippen LogP contribution < -0.4 is 0 Å². The first-order valence-electron chi connectivity index (χ1n) is 8.81. The third kappa shape index (κ3) is 5.34. The molecule has 0 aliphatic carbocycles. The Morgan fingerprint density at radius 2 is 1.75 bits per heavy atom. The molecule has 0 unspecified atom stereocenters. The highest BCUT2D eigenvalue weighted by Gasteiger charge is 2.29. The van der Waals surface area contributed by atoms with Gasteiger partial charge in [-0.15, -0.1) is 0 Å². The molecule has 150 valence electrons. The molecule has 0 fully saturated rings. The fraction of sp³-hybridized carbons (Fsp3) is 0.333. The van der Waals surface area contributed by atoms with E-state index in [1.165, 1.54) is 12.1 Å². The molecule has 0 aliphatic heterocycles. The van der Waals surface area contributed by atoms with Crippen LogP contribution in [-0.2, 0) is 17.5 Å². The Morgan fingerprint density at radius 3 is 2.32 bits per heavy atom. The third-order valence-electron chi connectivity index (χ3n) is 4.52. The van der Waals surface area contributed by atoms with Gasteiger partial charge in [0.25, 0.3) is 0 Å². The molecule has 0 saturated carbocycles. The molecule has 7 heteroatoms.